The summed E-state index contributed by atoms with van der Waals surface area (Å²) in [7, 11) is 0. The highest BCUT2D eigenvalue weighted by molar-refractivity contribution is 5.95. The van der Waals surface area contributed by atoms with Crippen molar-refractivity contribution in [3.63, 3.8) is 0 Å². The minimum absolute atomic E-state index is 0.137. The second-order valence-corrected chi connectivity index (χ2v) is 6.76. The SMILES string of the molecule is NC(=O)N1Cc2[nH]nc(NC(=O)Cc3ccc(N4CCCC4=O)cc3)c2C1. The lowest BCUT2D eigenvalue weighted by Gasteiger charge is -2.15. The Labute approximate surface area is 155 Å². The Morgan fingerprint density at radius 1 is 1.22 bits per heavy atom. The molecule has 4 N–H and O–H groups in total. The molecule has 1 saturated heterocycles. The molecule has 1 aromatic carbocycles. The summed E-state index contributed by atoms with van der Waals surface area (Å²) >= 11 is 0. The summed E-state index contributed by atoms with van der Waals surface area (Å²) in [6.07, 6.45) is 1.66. The van der Waals surface area contributed by atoms with E-state index in [2.05, 4.69) is 15.5 Å². The number of H-pyrrole nitrogens is 1. The predicted molar refractivity (Wildman–Crippen MR) is 97.8 cm³/mol. The second kappa shape index (κ2) is 6.75. The van der Waals surface area contributed by atoms with Gasteiger partial charge in [-0.25, -0.2) is 4.79 Å². The third-order valence-electron chi connectivity index (χ3n) is 4.91. The number of primary amides is 1. The van der Waals surface area contributed by atoms with E-state index < -0.39 is 6.03 Å². The van der Waals surface area contributed by atoms with Crippen molar-refractivity contribution in [2.75, 3.05) is 16.8 Å². The summed E-state index contributed by atoms with van der Waals surface area (Å²) in [5.41, 5.74) is 8.56. The van der Waals surface area contributed by atoms with Crippen LogP contribution >= 0.6 is 0 Å². The number of hydrogen-bond acceptors (Lipinski definition) is 4. The van der Waals surface area contributed by atoms with Crippen LogP contribution in [0.15, 0.2) is 24.3 Å². The molecule has 9 nitrogen and oxygen atoms in total. The van der Waals surface area contributed by atoms with Crippen molar-refractivity contribution in [1.82, 2.24) is 15.1 Å². The van der Waals surface area contributed by atoms with Gasteiger partial charge < -0.3 is 20.9 Å². The molecular formula is C18H20N6O3. The predicted octanol–water partition coefficient (Wildman–Crippen LogP) is 1.11. The summed E-state index contributed by atoms with van der Waals surface area (Å²) < 4.78 is 0. The van der Waals surface area contributed by atoms with E-state index in [-0.39, 0.29) is 18.2 Å². The molecule has 3 heterocycles. The smallest absolute Gasteiger partial charge is 0.315 e. The number of carbonyl (C=O) groups excluding carboxylic acids is 3. The third-order valence-corrected chi connectivity index (χ3v) is 4.91. The number of fused-ring (bicyclic) bond motifs is 1. The molecule has 0 spiro atoms. The van der Waals surface area contributed by atoms with Crippen LogP contribution in [0.2, 0.25) is 0 Å². The van der Waals surface area contributed by atoms with E-state index in [0.29, 0.717) is 25.3 Å². The van der Waals surface area contributed by atoms with Crippen LogP contribution in [0.3, 0.4) is 0 Å². The highest BCUT2D eigenvalue weighted by atomic mass is 16.2. The number of rotatable bonds is 4. The first-order valence-corrected chi connectivity index (χ1v) is 8.81. The molecule has 27 heavy (non-hydrogen) atoms. The number of aromatic nitrogens is 2. The molecule has 0 unspecified atom stereocenters. The van der Waals surface area contributed by atoms with Crippen LogP contribution in [0.25, 0.3) is 0 Å². The largest absolute Gasteiger partial charge is 0.351 e. The van der Waals surface area contributed by atoms with Gasteiger partial charge in [0, 0.05) is 24.2 Å². The van der Waals surface area contributed by atoms with Crippen molar-refractivity contribution >= 4 is 29.4 Å². The lowest BCUT2D eigenvalue weighted by molar-refractivity contribution is -0.117. The monoisotopic (exact) mass is 368 g/mol. The van der Waals surface area contributed by atoms with Gasteiger partial charge in [-0.2, -0.15) is 5.10 Å². The van der Waals surface area contributed by atoms with E-state index in [1.165, 1.54) is 4.90 Å². The van der Waals surface area contributed by atoms with Crippen molar-refractivity contribution in [3.8, 4) is 0 Å². The van der Waals surface area contributed by atoms with E-state index in [1.54, 1.807) is 4.90 Å². The first-order chi connectivity index (χ1) is 13.0. The van der Waals surface area contributed by atoms with E-state index in [9.17, 15) is 14.4 Å². The Balaban J connectivity index is 1.38. The van der Waals surface area contributed by atoms with Gasteiger partial charge in [0.2, 0.25) is 11.8 Å². The maximum Gasteiger partial charge on any atom is 0.315 e. The van der Waals surface area contributed by atoms with Crippen molar-refractivity contribution in [3.05, 3.63) is 41.1 Å². The van der Waals surface area contributed by atoms with Gasteiger partial charge in [0.25, 0.3) is 0 Å². The van der Waals surface area contributed by atoms with Gasteiger partial charge in [-0.05, 0) is 24.1 Å². The molecule has 1 aromatic heterocycles. The molecule has 9 heteroatoms. The Morgan fingerprint density at radius 2 is 2.00 bits per heavy atom. The molecule has 0 saturated carbocycles. The van der Waals surface area contributed by atoms with Gasteiger partial charge in [-0.3, -0.25) is 14.7 Å². The van der Waals surface area contributed by atoms with Gasteiger partial charge in [-0.1, -0.05) is 12.1 Å². The summed E-state index contributed by atoms with van der Waals surface area (Å²) in [4.78, 5) is 38.7. The average Bonchev–Trinajstić information content (AvgIpc) is 3.33. The fraction of sp³-hybridized carbons (Fsp3) is 0.333. The number of urea groups is 1. The molecule has 4 rings (SSSR count). The summed E-state index contributed by atoms with van der Waals surface area (Å²) in [6, 6.07) is 6.92. The number of amides is 4. The molecule has 2 aliphatic rings. The zero-order valence-corrected chi connectivity index (χ0v) is 14.7. The summed E-state index contributed by atoms with van der Waals surface area (Å²) in [5, 5.41) is 9.72. The molecule has 0 bridgehead atoms. The van der Waals surface area contributed by atoms with Crippen LogP contribution in [0.5, 0.6) is 0 Å². The van der Waals surface area contributed by atoms with Crippen molar-refractivity contribution < 1.29 is 14.4 Å². The highest BCUT2D eigenvalue weighted by Crippen LogP contribution is 2.27. The lowest BCUT2D eigenvalue weighted by atomic mass is 10.1. The molecule has 140 valence electrons. The Kier molecular flexibility index (Phi) is 4.27. The molecule has 2 aliphatic heterocycles. The maximum atomic E-state index is 12.4. The number of nitrogens with one attached hydrogen (secondary N) is 2. The number of nitrogens with zero attached hydrogens (tertiary/aromatic N) is 3. The molecule has 1 fully saturated rings. The number of benzene rings is 1. The van der Waals surface area contributed by atoms with Gasteiger partial charge in [0.05, 0.1) is 25.2 Å². The quantitative estimate of drug-likeness (QED) is 0.748. The summed E-state index contributed by atoms with van der Waals surface area (Å²) in [5.74, 6) is 0.364. The minimum Gasteiger partial charge on any atom is -0.351 e. The Hall–Kier alpha value is -3.36. The highest BCUT2D eigenvalue weighted by Gasteiger charge is 2.27. The molecule has 0 atom stereocenters. The number of carbonyl (C=O) groups is 3. The van der Waals surface area contributed by atoms with Crippen LogP contribution in [0.1, 0.15) is 29.7 Å². The molecule has 2 aromatic rings. The van der Waals surface area contributed by atoms with Crippen LogP contribution in [0.4, 0.5) is 16.3 Å². The first kappa shape index (κ1) is 17.1. The van der Waals surface area contributed by atoms with E-state index in [0.717, 1.165) is 35.5 Å². The van der Waals surface area contributed by atoms with Gasteiger partial charge in [-0.15, -0.1) is 0 Å². The second-order valence-electron chi connectivity index (χ2n) is 6.76. The van der Waals surface area contributed by atoms with Crippen molar-refractivity contribution in [1.29, 1.82) is 0 Å². The van der Waals surface area contributed by atoms with Gasteiger partial charge in [0.15, 0.2) is 5.82 Å². The first-order valence-electron chi connectivity index (χ1n) is 8.81. The topological polar surface area (TPSA) is 124 Å². The van der Waals surface area contributed by atoms with Crippen LogP contribution in [-0.4, -0.2) is 39.5 Å². The maximum absolute atomic E-state index is 12.4. The zero-order valence-electron chi connectivity index (χ0n) is 14.7. The van der Waals surface area contributed by atoms with E-state index in [4.69, 9.17) is 5.73 Å². The average molecular weight is 368 g/mol. The number of aromatic amines is 1. The fourth-order valence-corrected chi connectivity index (χ4v) is 3.48. The molecule has 4 amide bonds. The van der Waals surface area contributed by atoms with E-state index in [1.807, 2.05) is 24.3 Å². The van der Waals surface area contributed by atoms with Crippen LogP contribution in [0, 0.1) is 0 Å². The minimum atomic E-state index is -0.506. The number of nitrogens with two attached hydrogens (primary N) is 1. The number of hydrogen-bond donors (Lipinski definition) is 3. The normalized spacial score (nSPS) is 15.9. The van der Waals surface area contributed by atoms with Gasteiger partial charge in [0.1, 0.15) is 0 Å². The third kappa shape index (κ3) is 3.35. The fourth-order valence-electron chi connectivity index (χ4n) is 3.48. The Bertz CT molecular complexity index is 904. The lowest BCUT2D eigenvalue weighted by Crippen LogP contribution is -2.31. The van der Waals surface area contributed by atoms with Crippen LogP contribution < -0.4 is 16.0 Å². The van der Waals surface area contributed by atoms with Crippen LogP contribution in [-0.2, 0) is 29.1 Å². The zero-order chi connectivity index (χ0) is 19.0. The molecule has 0 aliphatic carbocycles. The van der Waals surface area contributed by atoms with Crippen molar-refractivity contribution in [2.45, 2.75) is 32.4 Å². The Morgan fingerprint density at radius 3 is 2.67 bits per heavy atom. The molecular weight excluding hydrogens is 348 g/mol. The van der Waals surface area contributed by atoms with Crippen molar-refractivity contribution in [2.24, 2.45) is 5.73 Å². The standard InChI is InChI=1S/C18H20N6O3/c19-18(27)23-9-13-14(10-23)21-22-17(13)20-15(25)8-11-3-5-12(6-4-11)24-7-1-2-16(24)26/h3-6H,1-2,7-10H2,(H2,19,27)(H2,20,21,22,25). The molecule has 0 radical (unpaired) electrons. The number of anilines is 2. The van der Waals surface area contributed by atoms with Gasteiger partial charge >= 0.3 is 6.03 Å². The summed E-state index contributed by atoms with van der Waals surface area (Å²) in [6.45, 7) is 1.44. The van der Waals surface area contributed by atoms with E-state index >= 15 is 0 Å².